The van der Waals surface area contributed by atoms with Gasteiger partial charge in [-0.15, -0.1) is 0 Å². The van der Waals surface area contributed by atoms with E-state index in [1.165, 1.54) is 4.90 Å². The van der Waals surface area contributed by atoms with E-state index in [0.717, 1.165) is 45.0 Å². The lowest BCUT2D eigenvalue weighted by molar-refractivity contribution is -0.128. The van der Waals surface area contributed by atoms with Crippen LogP contribution < -0.4 is 0 Å². The third-order valence-electron chi connectivity index (χ3n) is 6.06. The molecule has 0 unspecified atom stereocenters. The van der Waals surface area contributed by atoms with E-state index in [2.05, 4.69) is 40.0 Å². The number of carbonyl (C=O) groups excluding carboxylic acids is 2. The number of H-pyrrole nitrogens is 1. The molecule has 3 aromatic rings. The molecule has 1 N–H and O–H groups in total. The fourth-order valence-corrected chi connectivity index (χ4v) is 4.91. The Morgan fingerprint density at radius 2 is 1.86 bits per heavy atom. The van der Waals surface area contributed by atoms with Gasteiger partial charge < -0.3 is 4.98 Å². The summed E-state index contributed by atoms with van der Waals surface area (Å²) in [5.74, 6) is -0.0681. The van der Waals surface area contributed by atoms with Crippen molar-refractivity contribution < 1.29 is 9.59 Å². The average Bonchev–Trinajstić information content (AvgIpc) is 3.21. The molecule has 3 amide bonds. The van der Waals surface area contributed by atoms with Crippen LogP contribution in [0.15, 0.2) is 53.0 Å². The molecule has 0 saturated carbocycles. The van der Waals surface area contributed by atoms with Gasteiger partial charge in [0, 0.05) is 34.0 Å². The van der Waals surface area contributed by atoms with Gasteiger partial charge in [-0.3, -0.25) is 14.6 Å². The quantitative estimate of drug-likeness (QED) is 0.566. The second-order valence-corrected chi connectivity index (χ2v) is 8.69. The first-order valence-electron chi connectivity index (χ1n) is 10.1. The van der Waals surface area contributed by atoms with Crippen molar-refractivity contribution in [2.24, 2.45) is 0 Å². The molecule has 2 atom stereocenters. The minimum Gasteiger partial charge on any atom is -0.356 e. The first-order chi connectivity index (χ1) is 14.1. The number of urea groups is 1. The number of para-hydroxylation sites is 1. The number of benzene rings is 2. The maximum absolute atomic E-state index is 13.3. The third kappa shape index (κ3) is 2.81. The highest BCUT2D eigenvalue weighted by atomic mass is 79.9. The van der Waals surface area contributed by atoms with Crippen LogP contribution in [0.1, 0.15) is 42.6 Å². The van der Waals surface area contributed by atoms with Gasteiger partial charge in [-0.05, 0) is 35.7 Å². The highest BCUT2D eigenvalue weighted by molar-refractivity contribution is 9.10. The molecule has 1 saturated heterocycles. The Bertz CT molecular complexity index is 1110. The van der Waals surface area contributed by atoms with E-state index in [-0.39, 0.29) is 18.0 Å². The van der Waals surface area contributed by atoms with Crippen LogP contribution >= 0.6 is 15.9 Å². The number of fused-ring (bicyclic) bond motifs is 4. The number of amides is 3. The zero-order chi connectivity index (χ0) is 20.1. The van der Waals surface area contributed by atoms with Crippen molar-refractivity contribution in [3.8, 4) is 0 Å². The Kier molecular flexibility index (Phi) is 4.46. The van der Waals surface area contributed by atoms with Crippen LogP contribution in [0.5, 0.6) is 0 Å². The van der Waals surface area contributed by atoms with Crippen molar-refractivity contribution in [2.45, 2.75) is 38.3 Å². The maximum Gasteiger partial charge on any atom is 0.328 e. The van der Waals surface area contributed by atoms with Gasteiger partial charge >= 0.3 is 6.03 Å². The van der Waals surface area contributed by atoms with Gasteiger partial charge in [-0.25, -0.2) is 4.79 Å². The Morgan fingerprint density at radius 1 is 1.10 bits per heavy atom. The van der Waals surface area contributed by atoms with Gasteiger partial charge in [0.05, 0.1) is 0 Å². The number of aromatic amines is 1. The Balaban J connectivity index is 1.68. The smallest absolute Gasteiger partial charge is 0.328 e. The lowest BCUT2D eigenvalue weighted by atomic mass is 9.89. The van der Waals surface area contributed by atoms with Crippen molar-refractivity contribution >= 4 is 38.8 Å². The average molecular weight is 452 g/mol. The molecular weight excluding hydrogens is 430 g/mol. The van der Waals surface area contributed by atoms with Crippen molar-refractivity contribution in [1.82, 2.24) is 14.8 Å². The number of nitrogens with zero attached hydrogens (tertiary/aromatic N) is 2. The SMILES string of the molecule is CCCCN1C(=O)[C@@H]2Cc3c([nH]c4ccccc34)[C@H](c3ccc(Br)cc3)N2C1=O. The third-order valence-corrected chi connectivity index (χ3v) is 6.58. The minimum atomic E-state index is -0.445. The molecular formula is C23H22BrN3O2. The van der Waals surface area contributed by atoms with Gasteiger partial charge in [-0.2, -0.15) is 0 Å². The molecule has 6 heteroatoms. The number of nitrogens with one attached hydrogen (secondary N) is 1. The van der Waals surface area contributed by atoms with E-state index in [1.54, 1.807) is 4.90 Å². The van der Waals surface area contributed by atoms with Crippen LogP contribution in [0.4, 0.5) is 4.79 Å². The summed E-state index contributed by atoms with van der Waals surface area (Å²) in [6, 6.07) is 15.3. The summed E-state index contributed by atoms with van der Waals surface area (Å²) in [6.07, 6.45) is 2.33. The predicted molar refractivity (Wildman–Crippen MR) is 116 cm³/mol. The van der Waals surface area contributed by atoms with Crippen molar-refractivity contribution in [2.75, 3.05) is 6.54 Å². The van der Waals surface area contributed by atoms with E-state index in [0.29, 0.717) is 13.0 Å². The summed E-state index contributed by atoms with van der Waals surface area (Å²) in [7, 11) is 0. The highest BCUT2D eigenvalue weighted by Crippen LogP contribution is 2.44. The summed E-state index contributed by atoms with van der Waals surface area (Å²) < 4.78 is 0.985. The predicted octanol–water partition coefficient (Wildman–Crippen LogP) is 5.01. The molecule has 0 spiro atoms. The van der Waals surface area contributed by atoms with E-state index in [4.69, 9.17) is 0 Å². The molecule has 1 fully saturated rings. The molecule has 5 rings (SSSR count). The number of rotatable bonds is 4. The van der Waals surface area contributed by atoms with Crippen LogP contribution in [0.3, 0.4) is 0 Å². The summed E-state index contributed by atoms with van der Waals surface area (Å²) in [4.78, 5) is 33.3. The number of carbonyl (C=O) groups is 2. The molecule has 0 radical (unpaired) electrons. The molecule has 29 heavy (non-hydrogen) atoms. The lowest BCUT2D eigenvalue weighted by Crippen LogP contribution is -2.44. The Morgan fingerprint density at radius 3 is 2.62 bits per heavy atom. The summed E-state index contributed by atoms with van der Waals surface area (Å²) in [5, 5.41) is 1.14. The van der Waals surface area contributed by atoms with Crippen LogP contribution in [0.2, 0.25) is 0 Å². The van der Waals surface area contributed by atoms with E-state index < -0.39 is 6.04 Å². The zero-order valence-electron chi connectivity index (χ0n) is 16.2. The molecule has 0 bridgehead atoms. The monoisotopic (exact) mass is 451 g/mol. The first kappa shape index (κ1) is 18.4. The summed E-state index contributed by atoms with van der Waals surface area (Å²) in [6.45, 7) is 2.56. The van der Waals surface area contributed by atoms with Crippen molar-refractivity contribution in [3.63, 3.8) is 0 Å². The first-order valence-corrected chi connectivity index (χ1v) is 10.9. The van der Waals surface area contributed by atoms with Gasteiger partial charge in [0.15, 0.2) is 0 Å². The van der Waals surface area contributed by atoms with Gasteiger partial charge in [0.25, 0.3) is 5.91 Å². The lowest BCUT2D eigenvalue weighted by Gasteiger charge is -2.36. The Labute approximate surface area is 177 Å². The summed E-state index contributed by atoms with van der Waals surface area (Å²) in [5.41, 5.74) is 4.21. The Hall–Kier alpha value is -2.60. The van der Waals surface area contributed by atoms with Crippen LogP contribution in [-0.2, 0) is 11.2 Å². The molecule has 5 nitrogen and oxygen atoms in total. The minimum absolute atomic E-state index is 0.0681. The van der Waals surface area contributed by atoms with Gasteiger partial charge in [-0.1, -0.05) is 59.6 Å². The van der Waals surface area contributed by atoms with Gasteiger partial charge in [0.1, 0.15) is 12.1 Å². The van der Waals surface area contributed by atoms with Gasteiger partial charge in [0.2, 0.25) is 0 Å². The van der Waals surface area contributed by atoms with E-state index in [9.17, 15) is 9.59 Å². The van der Waals surface area contributed by atoms with Crippen LogP contribution in [-0.4, -0.2) is 39.3 Å². The summed E-state index contributed by atoms with van der Waals surface area (Å²) >= 11 is 3.49. The van der Waals surface area contributed by atoms with Crippen molar-refractivity contribution in [3.05, 3.63) is 69.8 Å². The molecule has 0 aliphatic carbocycles. The zero-order valence-corrected chi connectivity index (χ0v) is 17.8. The molecule has 148 valence electrons. The van der Waals surface area contributed by atoms with Crippen LogP contribution in [0, 0.1) is 0 Å². The molecule has 2 aliphatic heterocycles. The number of halogens is 1. The second kappa shape index (κ2) is 7.02. The maximum atomic E-state index is 13.3. The molecule has 1 aromatic heterocycles. The van der Waals surface area contributed by atoms with E-state index >= 15 is 0 Å². The number of hydrogen-bond donors (Lipinski definition) is 1. The number of hydrogen-bond acceptors (Lipinski definition) is 2. The number of unbranched alkanes of at least 4 members (excludes halogenated alkanes) is 1. The van der Waals surface area contributed by atoms with Crippen LogP contribution in [0.25, 0.3) is 10.9 Å². The number of imide groups is 1. The fraction of sp³-hybridized carbons (Fsp3) is 0.304. The van der Waals surface area contributed by atoms with E-state index in [1.807, 2.05) is 36.4 Å². The molecule has 2 aliphatic rings. The highest BCUT2D eigenvalue weighted by Gasteiger charge is 2.52. The van der Waals surface area contributed by atoms with Crippen molar-refractivity contribution in [1.29, 1.82) is 0 Å². The number of aromatic nitrogens is 1. The molecule has 2 aromatic carbocycles. The fourth-order valence-electron chi connectivity index (χ4n) is 4.64. The molecule has 3 heterocycles. The second-order valence-electron chi connectivity index (χ2n) is 7.77. The standard InChI is InChI=1S/C23H22BrN3O2/c1-2-3-12-26-22(28)19-13-17-16-6-4-5-7-18(16)25-20(17)21(27(19)23(26)29)14-8-10-15(24)11-9-14/h4-11,19,21,25H,2-3,12-13H2,1H3/t19-,21-/m0/s1. The largest absolute Gasteiger partial charge is 0.356 e. The normalized spacial score (nSPS) is 21.0. The topological polar surface area (TPSA) is 56.4 Å².